The van der Waals surface area contributed by atoms with Gasteiger partial charge < -0.3 is 5.32 Å². The van der Waals surface area contributed by atoms with E-state index < -0.39 is 0 Å². The van der Waals surface area contributed by atoms with Gasteiger partial charge in [-0.05, 0) is 36.8 Å². The first-order valence-electron chi connectivity index (χ1n) is 7.56. The van der Waals surface area contributed by atoms with Crippen molar-refractivity contribution in [2.45, 2.75) is 20.8 Å². The third kappa shape index (κ3) is 4.26. The molecule has 3 aromatic rings. The summed E-state index contributed by atoms with van der Waals surface area (Å²) in [7, 11) is 0. The maximum Gasteiger partial charge on any atom is 0.274 e. The van der Waals surface area contributed by atoms with E-state index in [1.807, 2.05) is 51.1 Å². The minimum Gasteiger partial charge on any atom is -0.321 e. The minimum absolute atomic E-state index is 0. The van der Waals surface area contributed by atoms with Gasteiger partial charge in [0, 0.05) is 19.5 Å². The van der Waals surface area contributed by atoms with Crippen LogP contribution in [0.4, 0.5) is 5.69 Å². The second-order valence-corrected chi connectivity index (χ2v) is 4.67. The zero-order valence-electron chi connectivity index (χ0n) is 13.5. The molecule has 120 valence electrons. The van der Waals surface area contributed by atoms with Crippen LogP contribution in [-0.4, -0.2) is 20.4 Å². The van der Waals surface area contributed by atoms with Crippen molar-refractivity contribution in [3.05, 3.63) is 72.4 Å². The average Bonchev–Trinajstić information content (AvgIpc) is 3.11. The highest BCUT2D eigenvalue weighted by Gasteiger charge is 2.09. The Kier molecular flexibility index (Phi) is 5.63. The number of amides is 1. The molecule has 0 atom stereocenters. The van der Waals surface area contributed by atoms with Crippen LogP contribution in [0, 0.1) is 6.92 Å². The molecule has 0 aliphatic rings. The van der Waals surface area contributed by atoms with Crippen LogP contribution in [-0.2, 0) is 0 Å². The van der Waals surface area contributed by atoms with Crippen molar-refractivity contribution in [2.24, 2.45) is 0 Å². The van der Waals surface area contributed by atoms with Gasteiger partial charge in [0.05, 0.1) is 0 Å². The highest BCUT2D eigenvalue weighted by molar-refractivity contribution is 6.03. The lowest BCUT2D eigenvalue weighted by molar-refractivity contribution is 0.102. The molecular weight excluding hydrogens is 288 g/mol. The number of aromatic nitrogens is 3. The number of carbonyl (C=O) groups is 1. The number of rotatable bonds is 3. The molecule has 0 radical (unpaired) electrons. The fraction of sp³-hybridized carbons (Fsp3) is 0.167. The summed E-state index contributed by atoms with van der Waals surface area (Å²) in [4.78, 5) is 20.6. The first-order valence-corrected chi connectivity index (χ1v) is 7.56. The molecule has 1 aromatic carbocycles. The van der Waals surface area contributed by atoms with E-state index in [9.17, 15) is 4.79 Å². The zero-order valence-corrected chi connectivity index (χ0v) is 13.5. The maximum atomic E-state index is 12.2. The molecule has 0 saturated carbocycles. The van der Waals surface area contributed by atoms with E-state index in [-0.39, 0.29) is 7.33 Å². The molecule has 0 unspecified atom stereocenters. The number of anilines is 1. The summed E-state index contributed by atoms with van der Waals surface area (Å²) >= 11 is 0. The summed E-state index contributed by atoms with van der Waals surface area (Å²) < 4.78 is 1.75. The van der Waals surface area contributed by atoms with E-state index in [1.54, 1.807) is 35.4 Å². The fourth-order valence-corrected chi connectivity index (χ4v) is 2.01. The number of benzene rings is 1. The average molecular weight is 310 g/mol. The van der Waals surface area contributed by atoms with Gasteiger partial charge in [-0.15, -0.1) is 0 Å². The number of hydrogen-bond acceptors (Lipinski definition) is 3. The fourth-order valence-electron chi connectivity index (χ4n) is 2.01. The Balaban J connectivity index is 0.000000925. The van der Waals surface area contributed by atoms with Crippen LogP contribution in [0.2, 0.25) is 0 Å². The lowest BCUT2D eigenvalue weighted by atomic mass is 10.2. The normalized spacial score (nSPS) is 9.70. The Bertz CT molecular complexity index is 772. The Morgan fingerprint density at radius 3 is 2.65 bits per heavy atom. The lowest BCUT2D eigenvalue weighted by Gasteiger charge is -2.07. The van der Waals surface area contributed by atoms with Gasteiger partial charge in [0.25, 0.3) is 5.91 Å². The van der Waals surface area contributed by atoms with Crippen molar-refractivity contribution in [3.63, 3.8) is 0 Å². The van der Waals surface area contributed by atoms with Crippen LogP contribution in [0.25, 0.3) is 5.82 Å². The second kappa shape index (κ2) is 7.89. The Morgan fingerprint density at radius 2 is 1.96 bits per heavy atom. The first kappa shape index (κ1) is 16.4. The smallest absolute Gasteiger partial charge is 0.274 e. The van der Waals surface area contributed by atoms with Crippen LogP contribution in [0.15, 0.2) is 61.2 Å². The first-order chi connectivity index (χ1) is 11.2. The van der Waals surface area contributed by atoms with Crippen molar-refractivity contribution in [3.8, 4) is 5.82 Å². The Hall–Kier alpha value is -2.95. The van der Waals surface area contributed by atoms with Crippen LogP contribution in [0.3, 0.4) is 0 Å². The molecule has 0 bridgehead atoms. The third-order valence-corrected chi connectivity index (χ3v) is 3.01. The number of aryl methyl sites for hydroxylation is 1. The topological polar surface area (TPSA) is 59.8 Å². The molecule has 3 rings (SSSR count). The molecule has 0 aliphatic heterocycles. The molecule has 0 aliphatic carbocycles. The molecule has 5 nitrogen and oxygen atoms in total. The van der Waals surface area contributed by atoms with Gasteiger partial charge in [-0.3, -0.25) is 9.36 Å². The number of nitrogens with zero attached hydrogens (tertiary/aromatic N) is 3. The monoisotopic (exact) mass is 310 g/mol. The highest BCUT2D eigenvalue weighted by atomic mass is 16.1. The summed E-state index contributed by atoms with van der Waals surface area (Å²) in [5.41, 5.74) is 2.21. The van der Waals surface area contributed by atoms with Gasteiger partial charge in [-0.1, -0.05) is 32.0 Å². The van der Waals surface area contributed by atoms with Crippen LogP contribution in [0.5, 0.6) is 0 Å². The zero-order chi connectivity index (χ0) is 16.7. The van der Waals surface area contributed by atoms with Crippen LogP contribution in [0.1, 0.15) is 31.3 Å². The molecule has 0 saturated heterocycles. The summed E-state index contributed by atoms with van der Waals surface area (Å²) in [5.74, 6) is 0.423. The van der Waals surface area contributed by atoms with Gasteiger partial charge in [0.2, 0.25) is 0 Å². The Labute approximate surface area is 137 Å². The van der Waals surface area contributed by atoms with Gasteiger partial charge >= 0.3 is 0 Å². The number of imidazole rings is 1. The maximum absolute atomic E-state index is 12.2. The highest BCUT2D eigenvalue weighted by Crippen LogP contribution is 2.12. The number of pyridine rings is 1. The van der Waals surface area contributed by atoms with Crippen molar-refractivity contribution in [1.29, 1.82) is 0 Å². The number of carbonyl (C=O) groups excluding carboxylic acids is 1. The van der Waals surface area contributed by atoms with Crippen LogP contribution >= 0.6 is 0 Å². The standard InChI is InChI=1S/C16H14N4O.C2H6.H2/c1-12-4-2-5-13(10-12)18-16(21)14-6-3-7-15(19-14)20-9-8-17-11-20;1-2;/h2-11H,1H3,(H,18,21);1-2H3;1H. The second-order valence-electron chi connectivity index (χ2n) is 4.67. The van der Waals surface area contributed by atoms with Crippen molar-refractivity contribution >= 4 is 11.6 Å². The van der Waals surface area contributed by atoms with Gasteiger partial charge in [-0.2, -0.15) is 0 Å². The Morgan fingerprint density at radius 1 is 1.17 bits per heavy atom. The predicted octanol–water partition coefficient (Wildman–Crippen LogP) is 4.10. The molecule has 1 amide bonds. The van der Waals surface area contributed by atoms with Gasteiger partial charge in [0.15, 0.2) is 0 Å². The molecule has 2 aromatic heterocycles. The minimum atomic E-state index is -0.234. The third-order valence-electron chi connectivity index (χ3n) is 3.01. The van der Waals surface area contributed by atoms with E-state index in [4.69, 9.17) is 0 Å². The van der Waals surface area contributed by atoms with E-state index in [2.05, 4.69) is 15.3 Å². The number of nitrogens with one attached hydrogen (secondary N) is 1. The summed E-state index contributed by atoms with van der Waals surface area (Å²) in [5, 5.41) is 2.85. The van der Waals surface area contributed by atoms with Gasteiger partial charge in [-0.25, -0.2) is 9.97 Å². The van der Waals surface area contributed by atoms with Crippen molar-refractivity contribution in [2.75, 3.05) is 5.32 Å². The van der Waals surface area contributed by atoms with E-state index in [0.29, 0.717) is 11.5 Å². The van der Waals surface area contributed by atoms with E-state index in [1.165, 1.54) is 0 Å². The van der Waals surface area contributed by atoms with Gasteiger partial charge in [0.1, 0.15) is 17.8 Å². The van der Waals surface area contributed by atoms with Crippen molar-refractivity contribution < 1.29 is 6.22 Å². The molecule has 23 heavy (non-hydrogen) atoms. The van der Waals surface area contributed by atoms with E-state index >= 15 is 0 Å². The van der Waals surface area contributed by atoms with Crippen LogP contribution < -0.4 is 5.32 Å². The molecule has 1 N–H and O–H groups in total. The number of hydrogen-bond donors (Lipinski definition) is 1. The quantitative estimate of drug-likeness (QED) is 0.792. The predicted molar refractivity (Wildman–Crippen MR) is 94.0 cm³/mol. The largest absolute Gasteiger partial charge is 0.321 e. The summed E-state index contributed by atoms with van der Waals surface area (Å²) in [6, 6.07) is 13.0. The lowest BCUT2D eigenvalue weighted by Crippen LogP contribution is -2.14. The van der Waals surface area contributed by atoms with E-state index in [0.717, 1.165) is 11.3 Å². The molecule has 0 fully saturated rings. The molecule has 0 spiro atoms. The summed E-state index contributed by atoms with van der Waals surface area (Å²) in [6.45, 7) is 5.98. The molecule has 5 heteroatoms. The SMILES string of the molecule is CC.Cc1cccc(NC(=O)c2cccc(-n3ccnc3)n2)c1.[HH]. The van der Waals surface area contributed by atoms with Crippen molar-refractivity contribution in [1.82, 2.24) is 14.5 Å². The molecule has 2 heterocycles. The molecular formula is C18H22N4O. The summed E-state index contributed by atoms with van der Waals surface area (Å²) in [6.07, 6.45) is 5.09.